The van der Waals surface area contributed by atoms with Crippen LogP contribution in [0.25, 0.3) is 0 Å². The molecule has 0 bridgehead atoms. The van der Waals surface area contributed by atoms with Gasteiger partial charge in [-0.25, -0.2) is 4.79 Å². The van der Waals surface area contributed by atoms with E-state index in [1.54, 1.807) is 13.8 Å². The zero-order valence-corrected chi connectivity index (χ0v) is 14.8. The van der Waals surface area contributed by atoms with Gasteiger partial charge in [-0.3, -0.25) is 0 Å². The Hall–Kier alpha value is -1.55. The zero-order chi connectivity index (χ0) is 17.1. The summed E-state index contributed by atoms with van der Waals surface area (Å²) in [7, 11) is 0. The highest BCUT2D eigenvalue weighted by atomic mass is 16.4. The number of carboxylic acid groups (broad SMARTS) is 1. The van der Waals surface area contributed by atoms with Crippen molar-refractivity contribution in [3.05, 3.63) is 29.8 Å². The van der Waals surface area contributed by atoms with Gasteiger partial charge in [0, 0.05) is 5.69 Å². The second-order valence-electron chi connectivity index (χ2n) is 6.67. The number of anilines is 1. The fourth-order valence-corrected chi connectivity index (χ4v) is 2.43. The Morgan fingerprint density at radius 2 is 1.87 bits per heavy atom. The van der Waals surface area contributed by atoms with Crippen LogP contribution in [0, 0.1) is 0 Å². The van der Waals surface area contributed by atoms with E-state index in [-0.39, 0.29) is 0 Å². The maximum absolute atomic E-state index is 11.2. The van der Waals surface area contributed by atoms with Gasteiger partial charge in [-0.2, -0.15) is 0 Å². The molecule has 1 rings (SSSR count). The van der Waals surface area contributed by atoms with Crippen LogP contribution in [0.1, 0.15) is 58.4 Å². The van der Waals surface area contributed by atoms with Gasteiger partial charge in [0.05, 0.1) is 0 Å². The van der Waals surface area contributed by atoms with E-state index >= 15 is 0 Å². The van der Waals surface area contributed by atoms with Crippen LogP contribution in [0.5, 0.6) is 0 Å². The van der Waals surface area contributed by atoms with Crippen molar-refractivity contribution in [1.29, 1.82) is 0 Å². The molecule has 4 nitrogen and oxygen atoms in total. The molecule has 0 aromatic heterocycles. The Balaban J connectivity index is 2.30. The van der Waals surface area contributed by atoms with E-state index in [0.29, 0.717) is 0 Å². The maximum atomic E-state index is 11.2. The van der Waals surface area contributed by atoms with Gasteiger partial charge < -0.3 is 15.7 Å². The van der Waals surface area contributed by atoms with Crippen LogP contribution in [0.2, 0.25) is 0 Å². The van der Waals surface area contributed by atoms with Crippen LogP contribution >= 0.6 is 0 Å². The van der Waals surface area contributed by atoms with Crippen molar-refractivity contribution in [2.24, 2.45) is 0 Å². The Kier molecular flexibility index (Phi) is 8.70. The van der Waals surface area contributed by atoms with Gasteiger partial charge in [0.15, 0.2) is 0 Å². The minimum absolute atomic E-state index is 0.854. The number of aliphatic carboxylic acids is 1. The molecular weight excluding hydrogens is 288 g/mol. The fourth-order valence-electron chi connectivity index (χ4n) is 2.43. The van der Waals surface area contributed by atoms with Crippen molar-refractivity contribution in [2.75, 3.05) is 18.4 Å². The molecule has 0 radical (unpaired) electrons. The first-order valence-electron chi connectivity index (χ1n) is 8.77. The average Bonchev–Trinajstić information content (AvgIpc) is 2.50. The molecule has 130 valence electrons. The molecule has 0 saturated carbocycles. The summed E-state index contributed by atoms with van der Waals surface area (Å²) in [6.07, 6.45) is 7.48. The van der Waals surface area contributed by atoms with E-state index in [2.05, 4.69) is 23.6 Å². The number of rotatable bonds is 12. The second-order valence-corrected chi connectivity index (χ2v) is 6.67. The van der Waals surface area contributed by atoms with E-state index in [1.807, 2.05) is 18.2 Å². The number of carboxylic acids is 1. The lowest BCUT2D eigenvalue weighted by Gasteiger charge is -2.22. The molecule has 4 heteroatoms. The molecule has 23 heavy (non-hydrogen) atoms. The van der Waals surface area contributed by atoms with Gasteiger partial charge in [0.25, 0.3) is 0 Å². The third-order valence-electron chi connectivity index (χ3n) is 3.97. The monoisotopic (exact) mass is 320 g/mol. The number of hydrogen-bond acceptors (Lipinski definition) is 3. The summed E-state index contributed by atoms with van der Waals surface area (Å²) in [5, 5.41) is 15.7. The SMILES string of the molecule is CCCCCCCNCCc1cccc(NC(C)(C)C(=O)O)c1. The topological polar surface area (TPSA) is 61.4 Å². The minimum Gasteiger partial charge on any atom is -0.480 e. The Bertz CT molecular complexity index is 472. The van der Waals surface area contributed by atoms with Crippen LogP contribution in [-0.2, 0) is 11.2 Å². The van der Waals surface area contributed by atoms with Crippen LogP contribution in [0.4, 0.5) is 5.69 Å². The molecule has 1 aromatic carbocycles. The predicted molar refractivity (Wildman–Crippen MR) is 97.1 cm³/mol. The predicted octanol–water partition coefficient (Wildman–Crippen LogP) is 4.06. The summed E-state index contributed by atoms with van der Waals surface area (Å²) < 4.78 is 0. The highest BCUT2D eigenvalue weighted by Crippen LogP contribution is 2.17. The molecule has 3 N–H and O–H groups in total. The normalized spacial score (nSPS) is 11.4. The van der Waals surface area contributed by atoms with Gasteiger partial charge in [0.1, 0.15) is 5.54 Å². The first kappa shape index (κ1) is 19.5. The van der Waals surface area contributed by atoms with Crippen molar-refractivity contribution in [1.82, 2.24) is 5.32 Å². The first-order chi connectivity index (χ1) is 11.0. The highest BCUT2D eigenvalue weighted by Gasteiger charge is 2.26. The van der Waals surface area contributed by atoms with Crippen LogP contribution in [0.3, 0.4) is 0 Å². The van der Waals surface area contributed by atoms with E-state index in [9.17, 15) is 9.90 Å². The number of nitrogens with one attached hydrogen (secondary N) is 2. The van der Waals surface area contributed by atoms with Crippen LogP contribution < -0.4 is 10.6 Å². The quantitative estimate of drug-likeness (QED) is 0.508. The molecule has 0 aliphatic rings. The summed E-state index contributed by atoms with van der Waals surface area (Å²) in [6, 6.07) is 8.01. The van der Waals surface area contributed by atoms with E-state index < -0.39 is 11.5 Å². The third-order valence-corrected chi connectivity index (χ3v) is 3.97. The Morgan fingerprint density at radius 3 is 2.57 bits per heavy atom. The largest absolute Gasteiger partial charge is 0.480 e. The lowest BCUT2D eigenvalue weighted by Crippen LogP contribution is -2.39. The van der Waals surface area contributed by atoms with Gasteiger partial charge in [0.2, 0.25) is 0 Å². The molecule has 0 atom stereocenters. The molecule has 0 heterocycles. The molecule has 0 amide bonds. The summed E-state index contributed by atoms with van der Waals surface area (Å²) >= 11 is 0. The summed E-state index contributed by atoms with van der Waals surface area (Å²) in [4.78, 5) is 11.2. The van der Waals surface area contributed by atoms with Crippen LogP contribution in [0.15, 0.2) is 24.3 Å². The molecule has 0 unspecified atom stereocenters. The van der Waals surface area contributed by atoms with Crippen LogP contribution in [-0.4, -0.2) is 29.7 Å². The van der Waals surface area contributed by atoms with Crippen molar-refractivity contribution in [2.45, 2.75) is 64.8 Å². The van der Waals surface area contributed by atoms with Gasteiger partial charge >= 0.3 is 5.97 Å². The summed E-state index contributed by atoms with van der Waals surface area (Å²) in [5.74, 6) is -0.854. The molecule has 0 aliphatic heterocycles. The van der Waals surface area contributed by atoms with Gasteiger partial charge in [-0.15, -0.1) is 0 Å². The van der Waals surface area contributed by atoms with Crippen molar-refractivity contribution in [3.8, 4) is 0 Å². The standard InChI is InChI=1S/C19H32N2O2/c1-4-5-6-7-8-13-20-14-12-16-10-9-11-17(15-16)21-19(2,3)18(22)23/h9-11,15,20-21H,4-8,12-14H2,1-3H3,(H,22,23). The lowest BCUT2D eigenvalue weighted by molar-refractivity contribution is -0.141. The first-order valence-corrected chi connectivity index (χ1v) is 8.77. The fraction of sp³-hybridized carbons (Fsp3) is 0.632. The molecule has 0 aliphatic carbocycles. The van der Waals surface area contributed by atoms with Crippen molar-refractivity contribution in [3.63, 3.8) is 0 Å². The number of hydrogen-bond donors (Lipinski definition) is 3. The minimum atomic E-state index is -0.963. The summed E-state index contributed by atoms with van der Waals surface area (Å²) in [6.45, 7) is 7.61. The smallest absolute Gasteiger partial charge is 0.328 e. The van der Waals surface area contributed by atoms with Crippen molar-refractivity contribution < 1.29 is 9.90 Å². The Labute approximate surface area is 140 Å². The average molecular weight is 320 g/mol. The van der Waals surface area contributed by atoms with E-state index in [4.69, 9.17) is 0 Å². The second kappa shape index (κ2) is 10.3. The summed E-state index contributed by atoms with van der Waals surface area (Å²) in [5.41, 5.74) is 1.11. The molecule has 0 fully saturated rings. The molecule has 1 aromatic rings. The molecular formula is C19H32N2O2. The zero-order valence-electron chi connectivity index (χ0n) is 14.8. The maximum Gasteiger partial charge on any atom is 0.328 e. The van der Waals surface area contributed by atoms with E-state index in [1.165, 1.54) is 37.7 Å². The van der Waals surface area contributed by atoms with Gasteiger partial charge in [-0.1, -0.05) is 44.7 Å². The molecule has 0 spiro atoms. The number of unbranched alkanes of at least 4 members (excludes halogenated alkanes) is 4. The lowest BCUT2D eigenvalue weighted by atomic mass is 10.0. The third kappa shape index (κ3) is 8.03. The Morgan fingerprint density at radius 1 is 1.13 bits per heavy atom. The number of carbonyl (C=O) groups is 1. The van der Waals surface area contributed by atoms with Gasteiger partial charge in [-0.05, 0) is 57.5 Å². The highest BCUT2D eigenvalue weighted by molar-refractivity contribution is 5.81. The van der Waals surface area contributed by atoms with Crippen molar-refractivity contribution >= 4 is 11.7 Å². The van der Waals surface area contributed by atoms with E-state index in [0.717, 1.165) is 25.2 Å². The molecule has 0 saturated heterocycles. The number of benzene rings is 1.